The summed E-state index contributed by atoms with van der Waals surface area (Å²) in [6, 6.07) is 2.89. The molecule has 1 aromatic carbocycles. The number of hydrogen-bond donors (Lipinski definition) is 3. The fourth-order valence-electron chi connectivity index (χ4n) is 7.44. The van der Waals surface area contributed by atoms with E-state index in [9.17, 15) is 32.5 Å². The second kappa shape index (κ2) is 11.6. The molecule has 16 heteroatoms. The monoisotopic (exact) mass is 680 g/mol. The third-order valence-electron chi connectivity index (χ3n) is 10.1. The molecular weight excluding hydrogens is 645 g/mol. The topological polar surface area (TPSA) is 157 Å². The van der Waals surface area contributed by atoms with Crippen LogP contribution in [0.4, 0.5) is 8.78 Å². The quantitative estimate of drug-likeness (QED) is 0.393. The number of nitrogens with zero attached hydrogens (tertiary/aromatic N) is 3. The van der Waals surface area contributed by atoms with Crippen molar-refractivity contribution in [2.24, 2.45) is 17.8 Å². The van der Waals surface area contributed by atoms with Gasteiger partial charge >= 0.3 is 13.3 Å². The Bertz CT molecular complexity index is 1640. The van der Waals surface area contributed by atoms with Crippen LogP contribution in [-0.4, -0.2) is 106 Å². The average molecular weight is 681 g/mol. The number of halogens is 2. The Hall–Kier alpha value is -2.97. The van der Waals surface area contributed by atoms with Crippen LogP contribution in [0.15, 0.2) is 24.3 Å². The molecule has 12 nitrogen and oxygen atoms in total. The number of ether oxygens (including phenoxy) is 1. The molecule has 7 rings (SSSR count). The lowest BCUT2D eigenvalue weighted by molar-refractivity contribution is -0.156. The van der Waals surface area contributed by atoms with Gasteiger partial charge in [0, 0.05) is 42.5 Å². The zero-order valence-electron chi connectivity index (χ0n) is 24.8. The molecule has 5 aliphatic rings. The van der Waals surface area contributed by atoms with Gasteiger partial charge in [0.15, 0.2) is 0 Å². The number of likely N-dealkylation sites (tertiary alicyclic amines) is 1. The number of morpholine rings is 1. The van der Waals surface area contributed by atoms with Crippen molar-refractivity contribution >= 4 is 52.6 Å². The third-order valence-corrected chi connectivity index (χ3v) is 12.3. The third kappa shape index (κ3) is 5.63. The molecule has 0 bridgehead atoms. The van der Waals surface area contributed by atoms with E-state index in [0.29, 0.717) is 69.3 Å². The van der Waals surface area contributed by atoms with Gasteiger partial charge in [0.1, 0.15) is 12.1 Å². The van der Waals surface area contributed by atoms with Gasteiger partial charge in [-0.15, -0.1) is 11.3 Å². The number of amides is 4. The Kier molecular flexibility index (Phi) is 7.99. The van der Waals surface area contributed by atoms with Gasteiger partial charge in [-0.25, -0.2) is 0 Å². The van der Waals surface area contributed by atoms with E-state index in [-0.39, 0.29) is 45.9 Å². The van der Waals surface area contributed by atoms with Crippen LogP contribution in [0.1, 0.15) is 47.3 Å². The minimum absolute atomic E-state index is 0.0227. The molecule has 4 saturated heterocycles. The summed E-state index contributed by atoms with van der Waals surface area (Å²) in [6.45, 7) is 2.72. The van der Waals surface area contributed by atoms with E-state index in [4.69, 9.17) is 14.5 Å². The summed E-state index contributed by atoms with van der Waals surface area (Å²) >= 11 is 1.02. The minimum Gasteiger partial charge on any atom is -0.378 e. The van der Waals surface area contributed by atoms with Gasteiger partial charge in [0.05, 0.1) is 24.0 Å². The summed E-state index contributed by atoms with van der Waals surface area (Å²) < 4.78 is 45.7. The van der Waals surface area contributed by atoms with Crippen molar-refractivity contribution in [3.8, 4) is 0 Å². The summed E-state index contributed by atoms with van der Waals surface area (Å²) in [5.41, 5.74) is -5.24. The van der Waals surface area contributed by atoms with E-state index in [2.05, 4.69) is 5.32 Å². The highest BCUT2D eigenvalue weighted by molar-refractivity contribution is 7.52. The highest BCUT2D eigenvalue weighted by atomic mass is 32.1. The van der Waals surface area contributed by atoms with E-state index in [1.165, 1.54) is 12.1 Å². The number of nitrogens with one attached hydrogen (secondary N) is 1. The highest BCUT2D eigenvalue weighted by Crippen LogP contribution is 2.59. The molecule has 0 unspecified atom stereocenters. The van der Waals surface area contributed by atoms with Gasteiger partial charge in [-0.05, 0) is 67.5 Å². The zero-order chi connectivity index (χ0) is 32.5. The average Bonchev–Trinajstić information content (AvgIpc) is 3.36. The molecule has 46 heavy (non-hydrogen) atoms. The Morgan fingerprint density at radius 2 is 1.70 bits per heavy atom. The molecule has 4 aliphatic heterocycles. The molecule has 1 aliphatic carbocycles. The number of hydrogen-bond acceptors (Lipinski definition) is 7. The van der Waals surface area contributed by atoms with Crippen molar-refractivity contribution < 1.29 is 47.0 Å². The second-order valence-electron chi connectivity index (χ2n) is 13.1. The molecule has 248 valence electrons. The van der Waals surface area contributed by atoms with Crippen molar-refractivity contribution in [1.82, 2.24) is 20.0 Å². The van der Waals surface area contributed by atoms with Crippen LogP contribution in [0.25, 0.3) is 10.1 Å². The summed E-state index contributed by atoms with van der Waals surface area (Å²) in [5.74, 6) is -0.596. The van der Waals surface area contributed by atoms with Crippen molar-refractivity contribution in [3.63, 3.8) is 0 Å². The molecule has 4 amide bonds. The molecule has 5 fully saturated rings. The maximum absolute atomic E-state index is 14.3. The highest BCUT2D eigenvalue weighted by Gasteiger charge is 2.53. The number of rotatable bonds is 6. The first-order chi connectivity index (χ1) is 21.8. The normalized spacial score (nSPS) is 28.7. The van der Waals surface area contributed by atoms with Gasteiger partial charge in [-0.2, -0.15) is 8.78 Å². The lowest BCUT2D eigenvalue weighted by Crippen LogP contribution is -2.62. The maximum Gasteiger partial charge on any atom is 0.399 e. The molecule has 1 saturated carbocycles. The summed E-state index contributed by atoms with van der Waals surface area (Å²) in [6.07, 6.45) is 3.40. The number of benzene rings is 1. The van der Waals surface area contributed by atoms with Gasteiger partial charge < -0.3 is 34.5 Å². The summed E-state index contributed by atoms with van der Waals surface area (Å²) in [7, 11) is -5.76. The van der Waals surface area contributed by atoms with E-state index in [0.717, 1.165) is 36.3 Å². The fourth-order valence-corrected chi connectivity index (χ4v) is 8.86. The number of thiophene rings is 1. The van der Waals surface area contributed by atoms with Gasteiger partial charge in [0.25, 0.3) is 5.91 Å². The van der Waals surface area contributed by atoms with Crippen LogP contribution < -0.4 is 5.32 Å². The molecule has 0 spiro atoms. The summed E-state index contributed by atoms with van der Waals surface area (Å²) in [4.78, 5) is 77.5. The van der Waals surface area contributed by atoms with E-state index >= 15 is 0 Å². The number of carbonyl (C=O) groups is 4. The van der Waals surface area contributed by atoms with Crippen LogP contribution in [0.5, 0.6) is 0 Å². The number of fused-ring (bicyclic) bond motifs is 3. The van der Waals surface area contributed by atoms with E-state index < -0.39 is 36.8 Å². The smallest absolute Gasteiger partial charge is 0.378 e. The lowest BCUT2D eigenvalue weighted by Gasteiger charge is -2.44. The van der Waals surface area contributed by atoms with Gasteiger partial charge in [-0.3, -0.25) is 23.7 Å². The maximum atomic E-state index is 14.3. The van der Waals surface area contributed by atoms with E-state index in [1.54, 1.807) is 14.7 Å². The molecule has 5 heterocycles. The Morgan fingerprint density at radius 1 is 0.978 bits per heavy atom. The number of alkyl halides is 2. The molecule has 0 radical (unpaired) electrons. The van der Waals surface area contributed by atoms with Crippen LogP contribution >= 0.6 is 18.9 Å². The molecule has 5 atom stereocenters. The molecular formula is C30H35F2N4O8PS. The Labute approximate surface area is 267 Å². The van der Waals surface area contributed by atoms with Crippen molar-refractivity contribution in [2.45, 2.75) is 55.9 Å². The van der Waals surface area contributed by atoms with Gasteiger partial charge in [-0.1, -0.05) is 6.07 Å². The zero-order valence-corrected chi connectivity index (χ0v) is 26.6. The first kappa shape index (κ1) is 31.6. The lowest BCUT2D eigenvalue weighted by atomic mass is 9.96. The van der Waals surface area contributed by atoms with Crippen molar-refractivity contribution in [2.75, 3.05) is 39.4 Å². The number of carbonyl (C=O) groups excluding carboxylic acids is 4. The van der Waals surface area contributed by atoms with Crippen LogP contribution in [-0.2, 0) is 29.3 Å². The molecule has 1 aromatic heterocycles. The largest absolute Gasteiger partial charge is 0.399 e. The predicted octanol–water partition coefficient (Wildman–Crippen LogP) is 2.33. The van der Waals surface area contributed by atoms with E-state index in [1.807, 2.05) is 0 Å². The minimum atomic E-state index is -5.76. The van der Waals surface area contributed by atoms with Crippen molar-refractivity contribution in [1.29, 1.82) is 0 Å². The first-order valence-corrected chi connectivity index (χ1v) is 18.0. The second-order valence-corrected chi connectivity index (χ2v) is 15.8. The Morgan fingerprint density at radius 3 is 2.41 bits per heavy atom. The fraction of sp³-hybridized carbons (Fsp3) is 0.600. The first-order valence-electron chi connectivity index (χ1n) is 15.6. The molecule has 2 aromatic rings. The van der Waals surface area contributed by atoms with Crippen LogP contribution in [0, 0.1) is 17.8 Å². The van der Waals surface area contributed by atoms with Crippen LogP contribution in [0.2, 0.25) is 0 Å². The Balaban J connectivity index is 1.05. The molecule has 3 N–H and O–H groups in total. The van der Waals surface area contributed by atoms with Crippen LogP contribution in [0.3, 0.4) is 0 Å². The van der Waals surface area contributed by atoms with Gasteiger partial charge in [0.2, 0.25) is 17.7 Å². The standard InChI is InChI=1S/C30H35F2N4O8PS/c31-30(32,45(41,42)43)20-1-4-24-18(10-20)13-25(46-24)26(37)33-22-12-17-9-16(17)11-21-2-3-23(36(21)28(22)39)29(40)35-14-19(15-35)27(38)34-5-7-44-8-6-34/h1,4,10,13,16-17,19,21-23H,2-3,5-9,11-12,14-15H2,(H,33,37)(H2,41,42,43)/t16-,17+,21+,22-,23-/m0/s1. The summed E-state index contributed by atoms with van der Waals surface area (Å²) in [5, 5.41) is 3.07. The predicted molar refractivity (Wildman–Crippen MR) is 161 cm³/mol. The van der Waals surface area contributed by atoms with Crippen molar-refractivity contribution in [3.05, 3.63) is 34.7 Å². The SMILES string of the molecule is O=C(N[C@H]1C[C@H]2C[C@H]2C[C@H]2CC[C@@H](C(=O)N3CC(C(=O)N4CCOCC4)C3)N2C1=O)c1cc2cc(C(F)(F)P(=O)(O)O)ccc2s1.